The zero-order valence-corrected chi connectivity index (χ0v) is 11.0. The van der Waals surface area contributed by atoms with Crippen molar-refractivity contribution < 1.29 is 4.74 Å². The van der Waals surface area contributed by atoms with Crippen molar-refractivity contribution in [2.24, 2.45) is 0 Å². The van der Waals surface area contributed by atoms with Gasteiger partial charge in [-0.2, -0.15) is 4.98 Å². The number of hydrogen-bond donors (Lipinski definition) is 1. The molecule has 0 saturated carbocycles. The van der Waals surface area contributed by atoms with Gasteiger partial charge in [-0.3, -0.25) is 9.38 Å². The number of nitrogens with zero attached hydrogens (tertiary/aromatic N) is 4. The van der Waals surface area contributed by atoms with Crippen molar-refractivity contribution in [3.8, 4) is 11.6 Å². The number of nitrogens with two attached hydrogens (primary N) is 1. The van der Waals surface area contributed by atoms with Gasteiger partial charge in [0.2, 0.25) is 5.65 Å². The Hall–Kier alpha value is -3.15. The smallest absolute Gasteiger partial charge is 0.265 e. The predicted octanol–water partition coefficient (Wildman–Crippen LogP) is 2.65. The van der Waals surface area contributed by atoms with Crippen LogP contribution in [-0.2, 0) is 0 Å². The summed E-state index contributed by atoms with van der Waals surface area (Å²) in [6.07, 6.45) is 6.81. The average molecular weight is 277 g/mol. The van der Waals surface area contributed by atoms with Crippen LogP contribution in [0, 0.1) is 0 Å². The fourth-order valence-corrected chi connectivity index (χ4v) is 2.21. The summed E-state index contributed by atoms with van der Waals surface area (Å²) in [4.78, 5) is 12.8. The van der Waals surface area contributed by atoms with E-state index in [1.165, 1.54) is 0 Å². The van der Waals surface area contributed by atoms with Gasteiger partial charge in [0.05, 0.1) is 17.9 Å². The zero-order chi connectivity index (χ0) is 14.2. The molecule has 0 radical (unpaired) electrons. The van der Waals surface area contributed by atoms with Crippen LogP contribution in [0.4, 0.5) is 5.82 Å². The minimum Gasteiger partial charge on any atom is -0.434 e. The van der Waals surface area contributed by atoms with Gasteiger partial charge in [-0.1, -0.05) is 18.2 Å². The molecule has 2 N–H and O–H groups in total. The molecule has 0 aliphatic carbocycles. The molecule has 21 heavy (non-hydrogen) atoms. The van der Waals surface area contributed by atoms with Crippen LogP contribution >= 0.6 is 0 Å². The third-order valence-electron chi connectivity index (χ3n) is 3.14. The highest BCUT2D eigenvalue weighted by atomic mass is 16.5. The number of rotatable bonds is 2. The highest BCUT2D eigenvalue weighted by Crippen LogP contribution is 2.26. The first-order valence-electron chi connectivity index (χ1n) is 6.41. The molecule has 0 aliphatic heterocycles. The average Bonchev–Trinajstić information content (AvgIpc) is 2.95. The van der Waals surface area contributed by atoms with Crippen LogP contribution in [-0.4, -0.2) is 19.4 Å². The van der Waals surface area contributed by atoms with E-state index in [1.807, 2.05) is 30.3 Å². The van der Waals surface area contributed by atoms with Gasteiger partial charge in [0.25, 0.3) is 5.88 Å². The Morgan fingerprint density at radius 1 is 1.14 bits per heavy atom. The van der Waals surface area contributed by atoms with Crippen molar-refractivity contribution >= 4 is 22.4 Å². The van der Waals surface area contributed by atoms with E-state index < -0.39 is 0 Å². The first-order chi connectivity index (χ1) is 10.3. The third kappa shape index (κ3) is 2.02. The molecule has 3 aromatic heterocycles. The summed E-state index contributed by atoms with van der Waals surface area (Å²) in [5.41, 5.74) is 7.29. The fraction of sp³-hybridized carbons (Fsp3) is 0. The number of pyridine rings is 1. The first-order valence-corrected chi connectivity index (χ1v) is 6.41. The van der Waals surface area contributed by atoms with Crippen LogP contribution < -0.4 is 10.5 Å². The van der Waals surface area contributed by atoms with E-state index in [1.54, 1.807) is 29.2 Å². The van der Waals surface area contributed by atoms with Crippen LogP contribution in [0.5, 0.6) is 11.6 Å². The van der Waals surface area contributed by atoms with Gasteiger partial charge in [-0.05, 0) is 12.1 Å². The lowest BCUT2D eigenvalue weighted by atomic mass is 10.2. The SMILES string of the molecule is Nc1cn2ccnc2c(Oc2cnc3ccccc3c2)n1. The second-order valence-electron chi connectivity index (χ2n) is 4.59. The minimum absolute atomic E-state index is 0.358. The summed E-state index contributed by atoms with van der Waals surface area (Å²) in [5, 5.41) is 0.998. The van der Waals surface area contributed by atoms with Crippen molar-refractivity contribution in [3.05, 3.63) is 55.1 Å². The number of hydrogen-bond acceptors (Lipinski definition) is 5. The minimum atomic E-state index is 0.358. The summed E-state index contributed by atoms with van der Waals surface area (Å²) in [6, 6.07) is 9.74. The molecule has 0 bridgehead atoms. The zero-order valence-electron chi connectivity index (χ0n) is 11.0. The molecule has 0 amide bonds. The number of ether oxygens (including phenoxy) is 1. The molecule has 0 unspecified atom stereocenters. The van der Waals surface area contributed by atoms with E-state index in [0.717, 1.165) is 10.9 Å². The topological polar surface area (TPSA) is 78.3 Å². The van der Waals surface area contributed by atoms with Gasteiger partial charge in [0, 0.05) is 17.8 Å². The summed E-state index contributed by atoms with van der Waals surface area (Å²) < 4.78 is 7.57. The maximum Gasteiger partial charge on any atom is 0.265 e. The number of imidazole rings is 1. The molecule has 1 aromatic carbocycles. The normalized spacial score (nSPS) is 11.0. The van der Waals surface area contributed by atoms with Crippen LogP contribution in [0.2, 0.25) is 0 Å². The van der Waals surface area contributed by atoms with Crippen molar-refractivity contribution in [1.82, 2.24) is 19.4 Å². The maximum absolute atomic E-state index is 5.80. The number of aromatic nitrogens is 4. The Bertz CT molecular complexity index is 947. The summed E-state index contributed by atoms with van der Waals surface area (Å²) >= 11 is 0. The van der Waals surface area contributed by atoms with E-state index in [2.05, 4.69) is 15.0 Å². The number of anilines is 1. The summed E-state index contributed by atoms with van der Waals surface area (Å²) in [7, 11) is 0. The van der Waals surface area contributed by atoms with Crippen molar-refractivity contribution in [2.45, 2.75) is 0 Å². The van der Waals surface area contributed by atoms with Gasteiger partial charge >= 0.3 is 0 Å². The van der Waals surface area contributed by atoms with Crippen LogP contribution in [0.15, 0.2) is 55.1 Å². The Morgan fingerprint density at radius 2 is 2.05 bits per heavy atom. The van der Waals surface area contributed by atoms with E-state index in [-0.39, 0.29) is 0 Å². The number of para-hydroxylation sites is 1. The highest BCUT2D eigenvalue weighted by molar-refractivity contribution is 5.79. The van der Waals surface area contributed by atoms with Crippen molar-refractivity contribution in [1.29, 1.82) is 0 Å². The second-order valence-corrected chi connectivity index (χ2v) is 4.59. The molecular formula is C15H11N5O. The molecule has 3 heterocycles. The van der Waals surface area contributed by atoms with E-state index in [0.29, 0.717) is 23.1 Å². The molecule has 0 fully saturated rings. The quantitative estimate of drug-likeness (QED) is 0.609. The number of nitrogen functional groups attached to an aromatic ring is 1. The Kier molecular flexibility index (Phi) is 2.47. The Labute approximate surface area is 119 Å². The molecular weight excluding hydrogens is 266 g/mol. The largest absolute Gasteiger partial charge is 0.434 e. The van der Waals surface area contributed by atoms with E-state index in [9.17, 15) is 0 Å². The molecule has 4 aromatic rings. The second kappa shape index (κ2) is 4.45. The highest BCUT2D eigenvalue weighted by Gasteiger charge is 2.09. The predicted molar refractivity (Wildman–Crippen MR) is 79.2 cm³/mol. The standard InChI is InChI=1S/C15H11N5O/c16-13-9-20-6-5-17-14(20)15(19-13)21-11-7-10-3-1-2-4-12(10)18-8-11/h1-9H,16H2. The molecule has 0 aliphatic rings. The third-order valence-corrected chi connectivity index (χ3v) is 3.14. The Balaban J connectivity index is 1.80. The molecule has 4 rings (SSSR count). The number of fused-ring (bicyclic) bond motifs is 2. The van der Waals surface area contributed by atoms with E-state index >= 15 is 0 Å². The lowest BCUT2D eigenvalue weighted by Crippen LogP contribution is -1.99. The first kappa shape index (κ1) is 11.7. The molecule has 102 valence electrons. The monoisotopic (exact) mass is 277 g/mol. The van der Waals surface area contributed by atoms with Crippen molar-refractivity contribution in [2.75, 3.05) is 5.73 Å². The maximum atomic E-state index is 5.80. The van der Waals surface area contributed by atoms with E-state index in [4.69, 9.17) is 10.5 Å². The van der Waals surface area contributed by atoms with Gasteiger partial charge in [-0.25, -0.2) is 4.98 Å². The van der Waals surface area contributed by atoms with Crippen LogP contribution in [0.25, 0.3) is 16.6 Å². The van der Waals surface area contributed by atoms with Gasteiger partial charge < -0.3 is 10.5 Å². The summed E-state index contributed by atoms with van der Waals surface area (Å²) in [6.45, 7) is 0. The van der Waals surface area contributed by atoms with Crippen LogP contribution in [0.3, 0.4) is 0 Å². The van der Waals surface area contributed by atoms with Gasteiger partial charge in [0.1, 0.15) is 11.6 Å². The lowest BCUT2D eigenvalue weighted by molar-refractivity contribution is 0.465. The molecule has 0 atom stereocenters. The Morgan fingerprint density at radius 3 is 3.00 bits per heavy atom. The lowest BCUT2D eigenvalue weighted by Gasteiger charge is -2.07. The van der Waals surface area contributed by atoms with Crippen LogP contribution in [0.1, 0.15) is 0 Å². The molecule has 0 saturated heterocycles. The summed E-state index contributed by atoms with van der Waals surface area (Å²) in [5.74, 6) is 1.32. The molecule has 0 spiro atoms. The molecule has 6 nitrogen and oxygen atoms in total. The number of benzene rings is 1. The van der Waals surface area contributed by atoms with Gasteiger partial charge in [-0.15, -0.1) is 0 Å². The fourth-order valence-electron chi connectivity index (χ4n) is 2.21. The molecule has 6 heteroatoms. The van der Waals surface area contributed by atoms with Crippen molar-refractivity contribution in [3.63, 3.8) is 0 Å². The van der Waals surface area contributed by atoms with Gasteiger partial charge in [0.15, 0.2) is 0 Å².